The van der Waals surface area contributed by atoms with E-state index in [1.54, 1.807) is 13.0 Å². The van der Waals surface area contributed by atoms with Gasteiger partial charge in [-0.05, 0) is 69.2 Å². The molecule has 4 N–H and O–H groups in total. The highest BCUT2D eigenvalue weighted by atomic mass is 19.1. The minimum Gasteiger partial charge on any atom is -0.351 e. The second kappa shape index (κ2) is 8.89. The molecule has 0 bridgehead atoms. The number of carbonyl (C=O) groups excluding carboxylic acids is 1. The van der Waals surface area contributed by atoms with Crippen molar-refractivity contribution in [2.24, 2.45) is 4.99 Å². The van der Waals surface area contributed by atoms with Gasteiger partial charge in [0.05, 0.1) is 0 Å². The Morgan fingerprint density at radius 1 is 1.10 bits per heavy atom. The fourth-order valence-corrected chi connectivity index (χ4v) is 3.11. The summed E-state index contributed by atoms with van der Waals surface area (Å²) < 4.78 is 26.7. The van der Waals surface area contributed by atoms with E-state index in [1.165, 1.54) is 30.3 Å². The van der Waals surface area contributed by atoms with Gasteiger partial charge in [0.1, 0.15) is 17.8 Å². The third-order valence-corrected chi connectivity index (χ3v) is 4.58. The lowest BCUT2D eigenvalue weighted by Crippen LogP contribution is -2.50. The maximum absolute atomic E-state index is 13.5. The molecule has 1 aliphatic rings. The van der Waals surface area contributed by atoms with Crippen LogP contribution in [0.4, 0.5) is 8.78 Å². The highest BCUT2D eigenvalue weighted by Gasteiger charge is 2.26. The molecule has 1 fully saturated rings. The Morgan fingerprint density at radius 3 is 2.43 bits per heavy atom. The summed E-state index contributed by atoms with van der Waals surface area (Å²) in [5, 5.41) is 5.96. The van der Waals surface area contributed by atoms with E-state index in [0.29, 0.717) is 23.5 Å². The topological polar surface area (TPSA) is 77.5 Å². The van der Waals surface area contributed by atoms with Crippen molar-refractivity contribution >= 4 is 11.9 Å². The zero-order chi connectivity index (χ0) is 21.9. The Kier molecular flexibility index (Phi) is 6.48. The van der Waals surface area contributed by atoms with E-state index < -0.39 is 5.82 Å². The van der Waals surface area contributed by atoms with Gasteiger partial charge >= 0.3 is 0 Å². The predicted molar refractivity (Wildman–Crippen MR) is 113 cm³/mol. The van der Waals surface area contributed by atoms with Crippen LogP contribution in [0.15, 0.2) is 47.5 Å². The fourth-order valence-electron chi connectivity index (χ4n) is 3.11. The van der Waals surface area contributed by atoms with Crippen molar-refractivity contribution in [1.29, 1.82) is 0 Å². The average molecular weight is 415 g/mol. The molecule has 1 saturated heterocycles. The number of aliphatic imine (C=N–C) groups is 1. The zero-order valence-corrected chi connectivity index (χ0v) is 17.5. The van der Waals surface area contributed by atoms with E-state index in [1.807, 2.05) is 26.8 Å². The molecule has 2 atom stereocenters. The first kappa shape index (κ1) is 21.9. The minimum absolute atomic E-state index is 0.0401. The number of hydrogen-bond donors (Lipinski definition) is 4. The molecular formula is C22H27F2N5O. The Bertz CT molecular complexity index is 938. The molecule has 1 amide bonds. The quantitative estimate of drug-likeness (QED) is 0.458. The number of nitrogens with zero attached hydrogens (tertiary/aromatic N) is 1. The first-order valence-electron chi connectivity index (χ1n) is 9.81. The van der Waals surface area contributed by atoms with Crippen molar-refractivity contribution in [2.75, 3.05) is 0 Å². The zero-order valence-electron chi connectivity index (χ0n) is 17.5. The van der Waals surface area contributed by atoms with Crippen LogP contribution < -0.4 is 21.5 Å². The van der Waals surface area contributed by atoms with E-state index in [2.05, 4.69) is 26.5 Å². The molecule has 6 nitrogen and oxygen atoms in total. The lowest BCUT2D eigenvalue weighted by Gasteiger charge is -2.24. The smallest absolute Gasteiger partial charge is 0.257 e. The van der Waals surface area contributed by atoms with Crippen LogP contribution in [0, 0.1) is 18.6 Å². The number of rotatable bonds is 3. The molecule has 30 heavy (non-hydrogen) atoms. The summed E-state index contributed by atoms with van der Waals surface area (Å²) in [6.45, 7) is 7.60. The molecule has 0 saturated carbocycles. The maximum atomic E-state index is 13.5. The van der Waals surface area contributed by atoms with E-state index in [-0.39, 0.29) is 29.5 Å². The largest absolute Gasteiger partial charge is 0.351 e. The van der Waals surface area contributed by atoms with E-state index >= 15 is 0 Å². The molecule has 1 aliphatic heterocycles. The minimum atomic E-state index is -0.406. The van der Waals surface area contributed by atoms with Crippen molar-refractivity contribution < 1.29 is 13.6 Å². The third-order valence-electron chi connectivity index (χ3n) is 4.58. The highest BCUT2D eigenvalue weighted by molar-refractivity contribution is 6.05. The maximum Gasteiger partial charge on any atom is 0.257 e. The Morgan fingerprint density at radius 2 is 1.80 bits per heavy atom. The Balaban J connectivity index is 1.74. The Hall–Kier alpha value is -2.84. The SMILES string of the molecule is Cc1cc(C2CC(N=C(NC(=O)c3ccc(F)cc3)NC(C)(C)C)NN2)ccc1F. The van der Waals surface area contributed by atoms with Crippen LogP contribution in [-0.4, -0.2) is 23.6 Å². The van der Waals surface area contributed by atoms with Gasteiger partial charge in [-0.3, -0.25) is 10.1 Å². The second-order valence-corrected chi connectivity index (χ2v) is 8.42. The van der Waals surface area contributed by atoms with Crippen molar-refractivity contribution in [2.45, 2.75) is 51.9 Å². The molecule has 2 aromatic carbocycles. The van der Waals surface area contributed by atoms with Crippen LogP contribution in [0.3, 0.4) is 0 Å². The number of hydrazine groups is 1. The molecule has 2 aromatic rings. The van der Waals surface area contributed by atoms with Crippen LogP contribution >= 0.6 is 0 Å². The molecule has 2 unspecified atom stereocenters. The van der Waals surface area contributed by atoms with Crippen LogP contribution in [0.5, 0.6) is 0 Å². The normalized spacial score (nSPS) is 19.6. The average Bonchev–Trinajstić information content (AvgIpc) is 3.11. The van der Waals surface area contributed by atoms with Gasteiger partial charge in [0.15, 0.2) is 5.96 Å². The summed E-state index contributed by atoms with van der Waals surface area (Å²) in [6, 6.07) is 10.3. The first-order valence-corrected chi connectivity index (χ1v) is 9.81. The lowest BCUT2D eigenvalue weighted by molar-refractivity contribution is 0.0975. The van der Waals surface area contributed by atoms with E-state index in [9.17, 15) is 13.6 Å². The second-order valence-electron chi connectivity index (χ2n) is 8.42. The van der Waals surface area contributed by atoms with Crippen molar-refractivity contribution in [1.82, 2.24) is 21.5 Å². The predicted octanol–water partition coefficient (Wildman–Crippen LogP) is 3.31. The number of halogens is 2. The highest BCUT2D eigenvalue weighted by Crippen LogP contribution is 2.24. The van der Waals surface area contributed by atoms with Gasteiger partial charge in [0.2, 0.25) is 0 Å². The van der Waals surface area contributed by atoms with Crippen LogP contribution in [0.1, 0.15) is 54.7 Å². The van der Waals surface area contributed by atoms with Gasteiger partial charge in [0, 0.05) is 23.6 Å². The van der Waals surface area contributed by atoms with Gasteiger partial charge in [0.25, 0.3) is 5.91 Å². The molecule has 3 rings (SSSR count). The number of amides is 1. The molecule has 0 radical (unpaired) electrons. The van der Waals surface area contributed by atoms with Crippen LogP contribution in [0.2, 0.25) is 0 Å². The molecule has 0 spiro atoms. The lowest BCUT2D eigenvalue weighted by atomic mass is 10.0. The van der Waals surface area contributed by atoms with Crippen LogP contribution in [0.25, 0.3) is 0 Å². The third kappa shape index (κ3) is 5.84. The van der Waals surface area contributed by atoms with E-state index in [0.717, 1.165) is 5.56 Å². The summed E-state index contributed by atoms with van der Waals surface area (Å²) >= 11 is 0. The molecule has 1 heterocycles. The summed E-state index contributed by atoms with van der Waals surface area (Å²) in [6.07, 6.45) is 0.311. The molecule has 0 aliphatic carbocycles. The molecule has 160 valence electrons. The van der Waals surface area contributed by atoms with Gasteiger partial charge in [-0.1, -0.05) is 12.1 Å². The summed E-state index contributed by atoms with van der Waals surface area (Å²) in [5.74, 6) is -0.717. The fraction of sp³-hybridized carbons (Fsp3) is 0.364. The number of hydrogen-bond acceptors (Lipinski definition) is 4. The summed E-state index contributed by atoms with van der Waals surface area (Å²) in [4.78, 5) is 17.2. The summed E-state index contributed by atoms with van der Waals surface area (Å²) in [7, 11) is 0. The number of nitrogens with one attached hydrogen (secondary N) is 4. The van der Waals surface area contributed by atoms with Crippen molar-refractivity contribution in [3.8, 4) is 0 Å². The Labute approximate surface area is 175 Å². The number of guanidine groups is 1. The van der Waals surface area contributed by atoms with E-state index in [4.69, 9.17) is 0 Å². The van der Waals surface area contributed by atoms with Crippen molar-refractivity contribution in [3.05, 3.63) is 70.8 Å². The van der Waals surface area contributed by atoms with Gasteiger partial charge < -0.3 is 5.32 Å². The van der Waals surface area contributed by atoms with Gasteiger partial charge in [-0.2, -0.15) is 0 Å². The summed E-state index contributed by atoms with van der Waals surface area (Å²) in [5.41, 5.74) is 7.81. The number of aryl methyl sites for hydroxylation is 1. The number of carbonyl (C=O) groups is 1. The van der Waals surface area contributed by atoms with Gasteiger partial charge in [-0.15, -0.1) is 0 Å². The molecule has 0 aromatic heterocycles. The monoisotopic (exact) mass is 415 g/mol. The molecular weight excluding hydrogens is 388 g/mol. The van der Waals surface area contributed by atoms with Crippen LogP contribution in [-0.2, 0) is 0 Å². The molecule has 8 heteroatoms. The van der Waals surface area contributed by atoms with Gasteiger partial charge in [-0.25, -0.2) is 24.6 Å². The standard InChI is InChI=1S/C22H27F2N5O/c1-13-11-15(7-10-17(13)24)18-12-19(29-28-18)25-21(27-22(2,3)4)26-20(30)14-5-8-16(23)9-6-14/h5-11,18-19,28-29H,12H2,1-4H3,(H2,25,26,27,30). The van der Waals surface area contributed by atoms with Crippen molar-refractivity contribution in [3.63, 3.8) is 0 Å². The first-order chi connectivity index (χ1) is 14.1. The number of benzene rings is 2.